The minimum absolute atomic E-state index is 0.124. The SMILES string of the molecule is COC(=O)CC1CN(c2ccccn2)C1. The van der Waals surface area contributed by atoms with Crippen molar-refractivity contribution in [2.45, 2.75) is 6.42 Å². The lowest BCUT2D eigenvalue weighted by atomic mass is 9.96. The molecule has 1 aliphatic rings. The molecule has 0 aromatic carbocycles. The van der Waals surface area contributed by atoms with Crippen LogP contribution in [0, 0.1) is 5.92 Å². The maximum Gasteiger partial charge on any atom is 0.305 e. The molecule has 0 saturated carbocycles. The smallest absolute Gasteiger partial charge is 0.305 e. The highest BCUT2D eigenvalue weighted by Gasteiger charge is 2.29. The molecule has 0 spiro atoms. The Morgan fingerprint density at radius 1 is 1.60 bits per heavy atom. The maximum atomic E-state index is 11.0. The van der Waals surface area contributed by atoms with E-state index in [1.807, 2.05) is 18.2 Å². The summed E-state index contributed by atoms with van der Waals surface area (Å²) in [7, 11) is 1.43. The first-order chi connectivity index (χ1) is 7.29. The summed E-state index contributed by atoms with van der Waals surface area (Å²) in [4.78, 5) is 17.4. The van der Waals surface area contributed by atoms with Crippen molar-refractivity contribution >= 4 is 11.8 Å². The quantitative estimate of drug-likeness (QED) is 0.694. The highest BCUT2D eigenvalue weighted by Crippen LogP contribution is 2.24. The van der Waals surface area contributed by atoms with Crippen LogP contribution >= 0.6 is 0 Å². The number of methoxy groups -OCH3 is 1. The standard InChI is InChI=1S/C11H14N2O2/c1-15-11(14)6-9-7-13(8-9)10-4-2-3-5-12-10/h2-5,9H,6-8H2,1H3. The molecule has 0 unspecified atom stereocenters. The molecule has 4 nitrogen and oxygen atoms in total. The third kappa shape index (κ3) is 2.26. The lowest BCUT2D eigenvalue weighted by Crippen LogP contribution is -2.48. The van der Waals surface area contributed by atoms with Crippen molar-refractivity contribution < 1.29 is 9.53 Å². The van der Waals surface area contributed by atoms with Crippen LogP contribution in [-0.4, -0.2) is 31.2 Å². The molecule has 0 radical (unpaired) electrons. The highest BCUT2D eigenvalue weighted by molar-refractivity contribution is 5.70. The van der Waals surface area contributed by atoms with Gasteiger partial charge in [-0.1, -0.05) is 6.07 Å². The molecule has 1 aliphatic heterocycles. The summed E-state index contributed by atoms with van der Waals surface area (Å²) in [5, 5.41) is 0. The van der Waals surface area contributed by atoms with E-state index in [1.165, 1.54) is 7.11 Å². The van der Waals surface area contributed by atoms with E-state index in [1.54, 1.807) is 6.20 Å². The number of carbonyl (C=O) groups excluding carboxylic acids is 1. The second kappa shape index (κ2) is 4.29. The maximum absolute atomic E-state index is 11.0. The van der Waals surface area contributed by atoms with Gasteiger partial charge in [-0.3, -0.25) is 4.79 Å². The average molecular weight is 206 g/mol. The van der Waals surface area contributed by atoms with Crippen molar-refractivity contribution in [3.8, 4) is 0 Å². The van der Waals surface area contributed by atoms with Gasteiger partial charge in [-0.2, -0.15) is 0 Å². The topological polar surface area (TPSA) is 42.4 Å². The van der Waals surface area contributed by atoms with Gasteiger partial charge >= 0.3 is 5.97 Å². The number of nitrogens with zero attached hydrogens (tertiary/aromatic N) is 2. The second-order valence-corrected chi connectivity index (χ2v) is 3.74. The van der Waals surface area contributed by atoms with E-state index >= 15 is 0 Å². The fourth-order valence-electron chi connectivity index (χ4n) is 1.75. The Morgan fingerprint density at radius 2 is 2.40 bits per heavy atom. The molecule has 2 rings (SSSR count). The van der Waals surface area contributed by atoms with Crippen molar-refractivity contribution in [1.29, 1.82) is 0 Å². The largest absolute Gasteiger partial charge is 0.469 e. The number of anilines is 1. The van der Waals surface area contributed by atoms with Crippen molar-refractivity contribution in [1.82, 2.24) is 4.98 Å². The Kier molecular flexibility index (Phi) is 2.85. The number of hydrogen-bond donors (Lipinski definition) is 0. The molecule has 4 heteroatoms. The Labute approximate surface area is 88.9 Å². The molecular formula is C11H14N2O2. The van der Waals surface area contributed by atoms with Gasteiger partial charge in [0.15, 0.2) is 0 Å². The fraction of sp³-hybridized carbons (Fsp3) is 0.455. The molecule has 2 heterocycles. The Morgan fingerprint density at radius 3 is 3.00 bits per heavy atom. The third-order valence-corrected chi connectivity index (χ3v) is 2.61. The van der Waals surface area contributed by atoms with Gasteiger partial charge in [-0.15, -0.1) is 0 Å². The lowest BCUT2D eigenvalue weighted by molar-refractivity contribution is -0.141. The zero-order valence-electron chi connectivity index (χ0n) is 8.72. The first kappa shape index (κ1) is 9.96. The zero-order valence-corrected chi connectivity index (χ0v) is 8.72. The molecule has 1 fully saturated rings. The van der Waals surface area contributed by atoms with Crippen LogP contribution in [0.4, 0.5) is 5.82 Å². The van der Waals surface area contributed by atoms with E-state index in [0.717, 1.165) is 18.9 Å². The van der Waals surface area contributed by atoms with E-state index in [-0.39, 0.29) is 5.97 Å². The van der Waals surface area contributed by atoms with E-state index in [0.29, 0.717) is 12.3 Å². The Bertz CT molecular complexity index is 334. The van der Waals surface area contributed by atoms with Crippen molar-refractivity contribution in [3.63, 3.8) is 0 Å². The van der Waals surface area contributed by atoms with Gasteiger partial charge in [0.2, 0.25) is 0 Å². The summed E-state index contributed by atoms with van der Waals surface area (Å²) in [6.07, 6.45) is 2.29. The molecule has 0 atom stereocenters. The fourth-order valence-corrected chi connectivity index (χ4v) is 1.75. The summed E-state index contributed by atoms with van der Waals surface area (Å²) in [6.45, 7) is 1.79. The normalized spacial score (nSPS) is 15.9. The summed E-state index contributed by atoms with van der Waals surface area (Å²) >= 11 is 0. The van der Waals surface area contributed by atoms with E-state index in [4.69, 9.17) is 0 Å². The van der Waals surface area contributed by atoms with E-state index in [9.17, 15) is 4.79 Å². The number of ether oxygens (including phenoxy) is 1. The molecule has 0 N–H and O–H groups in total. The van der Waals surface area contributed by atoms with Gasteiger partial charge in [-0.25, -0.2) is 4.98 Å². The van der Waals surface area contributed by atoms with Gasteiger partial charge in [-0.05, 0) is 12.1 Å². The predicted molar refractivity (Wildman–Crippen MR) is 56.6 cm³/mol. The number of pyridine rings is 1. The highest BCUT2D eigenvalue weighted by atomic mass is 16.5. The first-order valence-electron chi connectivity index (χ1n) is 5.02. The summed E-state index contributed by atoms with van der Waals surface area (Å²) < 4.78 is 4.62. The molecule has 0 amide bonds. The number of carbonyl (C=O) groups is 1. The Balaban J connectivity index is 1.81. The number of esters is 1. The van der Waals surface area contributed by atoms with Crippen LogP contribution in [-0.2, 0) is 9.53 Å². The summed E-state index contributed by atoms with van der Waals surface area (Å²) in [5.74, 6) is 1.28. The van der Waals surface area contributed by atoms with Crippen LogP contribution in [0.5, 0.6) is 0 Å². The second-order valence-electron chi connectivity index (χ2n) is 3.74. The number of rotatable bonds is 3. The van der Waals surface area contributed by atoms with Crippen LogP contribution in [0.15, 0.2) is 24.4 Å². The van der Waals surface area contributed by atoms with Crippen LogP contribution < -0.4 is 4.90 Å². The molecular weight excluding hydrogens is 192 g/mol. The zero-order chi connectivity index (χ0) is 10.7. The number of hydrogen-bond acceptors (Lipinski definition) is 4. The summed E-state index contributed by atoms with van der Waals surface area (Å²) in [5.41, 5.74) is 0. The molecule has 1 aromatic rings. The van der Waals surface area contributed by atoms with Crippen LogP contribution in [0.2, 0.25) is 0 Å². The van der Waals surface area contributed by atoms with Crippen molar-refractivity contribution in [2.24, 2.45) is 5.92 Å². The monoisotopic (exact) mass is 206 g/mol. The van der Waals surface area contributed by atoms with Gasteiger partial charge in [0.1, 0.15) is 5.82 Å². The van der Waals surface area contributed by atoms with Crippen molar-refractivity contribution in [3.05, 3.63) is 24.4 Å². The molecule has 0 aliphatic carbocycles. The number of aromatic nitrogens is 1. The molecule has 1 aromatic heterocycles. The lowest BCUT2D eigenvalue weighted by Gasteiger charge is -2.39. The predicted octanol–water partition coefficient (Wildman–Crippen LogP) is 1.08. The Hall–Kier alpha value is -1.58. The van der Waals surface area contributed by atoms with Gasteiger partial charge in [0.25, 0.3) is 0 Å². The van der Waals surface area contributed by atoms with Crippen LogP contribution in [0.3, 0.4) is 0 Å². The molecule has 15 heavy (non-hydrogen) atoms. The van der Waals surface area contributed by atoms with Gasteiger partial charge in [0, 0.05) is 25.2 Å². The van der Waals surface area contributed by atoms with Crippen molar-refractivity contribution in [2.75, 3.05) is 25.1 Å². The minimum atomic E-state index is -0.124. The minimum Gasteiger partial charge on any atom is -0.469 e. The third-order valence-electron chi connectivity index (χ3n) is 2.61. The molecule has 80 valence electrons. The van der Waals surface area contributed by atoms with E-state index in [2.05, 4.69) is 14.6 Å². The van der Waals surface area contributed by atoms with Gasteiger partial charge in [0.05, 0.1) is 13.5 Å². The van der Waals surface area contributed by atoms with Crippen LogP contribution in [0.1, 0.15) is 6.42 Å². The van der Waals surface area contributed by atoms with Crippen LogP contribution in [0.25, 0.3) is 0 Å². The van der Waals surface area contributed by atoms with Gasteiger partial charge < -0.3 is 9.64 Å². The van der Waals surface area contributed by atoms with E-state index < -0.39 is 0 Å². The first-order valence-corrected chi connectivity index (χ1v) is 5.02. The average Bonchev–Trinajstić information content (AvgIpc) is 2.23. The molecule has 0 bridgehead atoms. The summed E-state index contributed by atoms with van der Waals surface area (Å²) in [6, 6.07) is 5.85. The molecule has 1 saturated heterocycles.